The molecule has 3 aromatic rings. The second-order valence-corrected chi connectivity index (χ2v) is 10.7. The summed E-state index contributed by atoms with van der Waals surface area (Å²) in [6.45, 7) is 7.21. The van der Waals surface area contributed by atoms with Crippen molar-refractivity contribution < 1.29 is 9.53 Å². The van der Waals surface area contributed by atoms with Crippen LogP contribution >= 0.6 is 23.1 Å². The average molecular weight is 486 g/mol. The van der Waals surface area contributed by atoms with Gasteiger partial charge in [-0.1, -0.05) is 29.5 Å². The number of aromatic nitrogens is 2. The molecule has 0 saturated heterocycles. The molecule has 1 N–H and O–H groups in total. The Morgan fingerprint density at radius 3 is 2.76 bits per heavy atom. The molecule has 0 fully saturated rings. The molecular formula is C25H31N3O3S2. The number of thioether (sulfide) groups is 1. The van der Waals surface area contributed by atoms with Crippen LogP contribution in [-0.2, 0) is 22.4 Å². The molecule has 1 amide bonds. The van der Waals surface area contributed by atoms with Gasteiger partial charge in [0.1, 0.15) is 4.83 Å². The van der Waals surface area contributed by atoms with Crippen LogP contribution in [0.5, 0.6) is 0 Å². The molecule has 2 aromatic heterocycles. The van der Waals surface area contributed by atoms with E-state index in [0.29, 0.717) is 18.3 Å². The number of fused-ring (bicyclic) bond motifs is 3. The van der Waals surface area contributed by atoms with Gasteiger partial charge in [0.2, 0.25) is 5.91 Å². The molecule has 1 aliphatic rings. The van der Waals surface area contributed by atoms with Crippen molar-refractivity contribution in [3.05, 3.63) is 50.6 Å². The lowest BCUT2D eigenvalue weighted by Crippen LogP contribution is -2.28. The highest BCUT2D eigenvalue weighted by atomic mass is 32.2. The largest absolute Gasteiger partial charge is 0.379 e. The maximum Gasteiger partial charge on any atom is 0.267 e. The summed E-state index contributed by atoms with van der Waals surface area (Å²) in [7, 11) is 0. The summed E-state index contributed by atoms with van der Waals surface area (Å²) in [6, 6.07) is 7.88. The van der Waals surface area contributed by atoms with E-state index < -0.39 is 0 Å². The van der Waals surface area contributed by atoms with Crippen LogP contribution in [-0.4, -0.2) is 40.5 Å². The number of rotatable bonds is 9. The van der Waals surface area contributed by atoms with E-state index in [2.05, 4.69) is 5.32 Å². The van der Waals surface area contributed by atoms with Crippen molar-refractivity contribution in [3.63, 3.8) is 0 Å². The number of ether oxygens (including phenoxy) is 1. The highest BCUT2D eigenvalue weighted by Gasteiger charge is 2.23. The molecule has 8 heteroatoms. The van der Waals surface area contributed by atoms with Gasteiger partial charge in [0, 0.05) is 18.0 Å². The summed E-state index contributed by atoms with van der Waals surface area (Å²) < 4.78 is 7.19. The van der Waals surface area contributed by atoms with Crippen LogP contribution in [0.4, 0.5) is 0 Å². The Kier molecular flexibility index (Phi) is 7.88. The van der Waals surface area contributed by atoms with Gasteiger partial charge in [0.05, 0.1) is 22.9 Å². The zero-order valence-corrected chi connectivity index (χ0v) is 21.1. The zero-order chi connectivity index (χ0) is 23.4. The Bertz CT molecular complexity index is 1180. The van der Waals surface area contributed by atoms with E-state index in [1.807, 2.05) is 45.0 Å². The highest BCUT2D eigenvalue weighted by molar-refractivity contribution is 7.99. The number of carbonyl (C=O) groups is 1. The molecule has 0 radical (unpaired) electrons. The Morgan fingerprint density at radius 1 is 1.24 bits per heavy atom. The first-order valence-corrected chi connectivity index (χ1v) is 13.4. The lowest BCUT2D eigenvalue weighted by molar-refractivity contribution is -0.118. The van der Waals surface area contributed by atoms with Gasteiger partial charge in [-0.15, -0.1) is 11.3 Å². The summed E-state index contributed by atoms with van der Waals surface area (Å²) in [5.41, 5.74) is 3.06. The van der Waals surface area contributed by atoms with E-state index in [-0.39, 0.29) is 23.3 Å². The minimum atomic E-state index is -0.0696. The summed E-state index contributed by atoms with van der Waals surface area (Å²) in [5, 5.41) is 4.25. The zero-order valence-electron chi connectivity index (χ0n) is 19.5. The Hall–Kier alpha value is -2.16. The van der Waals surface area contributed by atoms with Crippen LogP contribution < -0.4 is 10.9 Å². The fraction of sp³-hybridized carbons (Fsp3) is 0.480. The first-order valence-electron chi connectivity index (χ1n) is 11.6. The number of hydrogen-bond acceptors (Lipinski definition) is 6. The van der Waals surface area contributed by atoms with Crippen molar-refractivity contribution in [2.45, 2.75) is 64.1 Å². The maximum absolute atomic E-state index is 13.7. The molecule has 0 saturated carbocycles. The molecule has 0 aliphatic heterocycles. The maximum atomic E-state index is 13.7. The number of carbonyl (C=O) groups excluding carboxylic acids is 1. The third kappa shape index (κ3) is 5.67. The third-order valence-corrected chi connectivity index (χ3v) is 7.80. The summed E-state index contributed by atoms with van der Waals surface area (Å²) in [6.07, 6.45) is 5.20. The molecule has 6 nitrogen and oxygen atoms in total. The second kappa shape index (κ2) is 10.8. The molecule has 1 aliphatic carbocycles. The minimum absolute atomic E-state index is 0.0306. The van der Waals surface area contributed by atoms with E-state index >= 15 is 0 Å². The van der Waals surface area contributed by atoms with Gasteiger partial charge in [-0.05, 0) is 70.6 Å². The summed E-state index contributed by atoms with van der Waals surface area (Å²) in [4.78, 5) is 33.1. The first kappa shape index (κ1) is 24.0. The summed E-state index contributed by atoms with van der Waals surface area (Å²) >= 11 is 2.95. The van der Waals surface area contributed by atoms with Gasteiger partial charge < -0.3 is 10.1 Å². The van der Waals surface area contributed by atoms with Crippen LogP contribution in [0.15, 0.2) is 34.2 Å². The van der Waals surface area contributed by atoms with Gasteiger partial charge in [-0.25, -0.2) is 4.98 Å². The number of aryl methyl sites for hydroxylation is 3. The highest BCUT2D eigenvalue weighted by Crippen LogP contribution is 2.35. The van der Waals surface area contributed by atoms with Crippen LogP contribution in [0.3, 0.4) is 0 Å². The monoisotopic (exact) mass is 485 g/mol. The van der Waals surface area contributed by atoms with Gasteiger partial charge >= 0.3 is 0 Å². The fourth-order valence-corrected chi connectivity index (χ4v) is 6.15. The van der Waals surface area contributed by atoms with Crippen molar-refractivity contribution in [3.8, 4) is 5.69 Å². The molecule has 4 rings (SSSR count). The number of nitrogens with one attached hydrogen (secondary N) is 1. The first-order chi connectivity index (χ1) is 15.9. The minimum Gasteiger partial charge on any atom is -0.379 e. The van der Waals surface area contributed by atoms with Crippen molar-refractivity contribution in [1.29, 1.82) is 0 Å². The van der Waals surface area contributed by atoms with E-state index in [9.17, 15) is 9.59 Å². The number of benzene rings is 1. The van der Waals surface area contributed by atoms with Crippen LogP contribution in [0.1, 0.15) is 49.1 Å². The molecule has 1 aromatic carbocycles. The smallest absolute Gasteiger partial charge is 0.267 e. The molecule has 0 unspecified atom stereocenters. The van der Waals surface area contributed by atoms with E-state index in [1.165, 1.54) is 22.2 Å². The fourth-order valence-electron chi connectivity index (χ4n) is 4.00. The van der Waals surface area contributed by atoms with Crippen LogP contribution in [0.25, 0.3) is 15.9 Å². The van der Waals surface area contributed by atoms with Crippen LogP contribution in [0, 0.1) is 6.92 Å². The van der Waals surface area contributed by atoms with Crippen molar-refractivity contribution >= 4 is 39.2 Å². The lowest BCUT2D eigenvalue weighted by atomic mass is 9.97. The second-order valence-electron chi connectivity index (χ2n) is 8.67. The standard InChI is InChI=1S/C25H31N3O3S2/c1-16(2)31-14-6-13-26-21(29)15-32-25-27-23-22(19-7-4-5-8-20(19)33-23)24(30)28(25)18-11-9-17(3)10-12-18/h9-12,16H,4-8,13-15H2,1-3H3,(H,26,29). The normalized spacial score (nSPS) is 13.5. The van der Waals surface area contributed by atoms with Gasteiger partial charge in [-0.3, -0.25) is 14.2 Å². The molecule has 0 spiro atoms. The lowest BCUT2D eigenvalue weighted by Gasteiger charge is -2.14. The van der Waals surface area contributed by atoms with Gasteiger partial charge in [0.25, 0.3) is 5.56 Å². The molecule has 176 valence electrons. The Labute approximate surface area is 202 Å². The molecule has 0 bridgehead atoms. The number of hydrogen-bond donors (Lipinski definition) is 1. The Balaban J connectivity index is 1.58. The predicted octanol–water partition coefficient (Wildman–Crippen LogP) is 4.66. The number of thiophene rings is 1. The van der Waals surface area contributed by atoms with Crippen molar-refractivity contribution in [2.24, 2.45) is 0 Å². The quantitative estimate of drug-likeness (QED) is 0.271. The SMILES string of the molecule is Cc1ccc(-n2c(SCC(=O)NCCCOC(C)C)nc3sc4c(c3c2=O)CCCC4)cc1. The van der Waals surface area contributed by atoms with Crippen LogP contribution in [0.2, 0.25) is 0 Å². The average Bonchev–Trinajstić information content (AvgIpc) is 3.17. The number of amides is 1. The van der Waals surface area contributed by atoms with Crippen molar-refractivity contribution in [1.82, 2.24) is 14.9 Å². The van der Waals surface area contributed by atoms with Crippen molar-refractivity contribution in [2.75, 3.05) is 18.9 Å². The van der Waals surface area contributed by atoms with E-state index in [0.717, 1.165) is 53.6 Å². The van der Waals surface area contributed by atoms with E-state index in [4.69, 9.17) is 9.72 Å². The van der Waals surface area contributed by atoms with Gasteiger partial charge in [-0.2, -0.15) is 0 Å². The Morgan fingerprint density at radius 2 is 2.00 bits per heavy atom. The molecule has 33 heavy (non-hydrogen) atoms. The molecule has 0 atom stereocenters. The summed E-state index contributed by atoms with van der Waals surface area (Å²) in [5.74, 6) is 0.139. The predicted molar refractivity (Wildman–Crippen MR) is 136 cm³/mol. The molecular weight excluding hydrogens is 454 g/mol. The number of nitrogens with zero attached hydrogens (tertiary/aromatic N) is 2. The van der Waals surface area contributed by atoms with E-state index in [1.54, 1.807) is 15.9 Å². The molecule has 2 heterocycles. The third-order valence-electron chi connectivity index (χ3n) is 5.68. The topological polar surface area (TPSA) is 73.2 Å². The van der Waals surface area contributed by atoms with Gasteiger partial charge in [0.15, 0.2) is 5.16 Å².